The van der Waals surface area contributed by atoms with Crippen molar-refractivity contribution in [2.75, 3.05) is 6.54 Å². The zero-order valence-corrected chi connectivity index (χ0v) is 29.2. The lowest BCUT2D eigenvalue weighted by Crippen LogP contribution is -2.42. The summed E-state index contributed by atoms with van der Waals surface area (Å²) in [6.45, 7) is 8.23. The van der Waals surface area contributed by atoms with Gasteiger partial charge < -0.3 is 19.5 Å². The van der Waals surface area contributed by atoms with Crippen molar-refractivity contribution in [2.45, 2.75) is 90.6 Å². The zero-order chi connectivity index (χ0) is 36.1. The molecule has 0 spiro atoms. The number of nitriles is 2. The maximum Gasteiger partial charge on any atom is 0.410 e. The topological polar surface area (TPSA) is 149 Å². The van der Waals surface area contributed by atoms with Crippen LogP contribution in [0, 0.1) is 29.6 Å². The summed E-state index contributed by atoms with van der Waals surface area (Å²) in [6.07, 6.45) is 9.41. The molecule has 0 saturated carbocycles. The number of aliphatic carboxylic acids is 1. The standard InChI is InChI=1S/C40H45N5O5/c1-29-37(49-27-31-16-14-30(23-41)15-17-31)35(26-45(38(48)50-39(2,3)4)22-10-6-9-13-36(46)47)34(24-43-29)25-44-40(28-42)20-18-33(19-21-40)32-11-7-5-8-12-32/h5,7-8,11-12,14-20,24,44H,6,9-10,13,21-22,25-27H2,1-4H3,(H,46,47). The number of carboxylic acids is 1. The van der Waals surface area contributed by atoms with Gasteiger partial charge in [-0.25, -0.2) is 4.79 Å². The Morgan fingerprint density at radius 1 is 1.06 bits per heavy atom. The van der Waals surface area contributed by atoms with E-state index in [0.29, 0.717) is 49.2 Å². The van der Waals surface area contributed by atoms with Gasteiger partial charge in [-0.15, -0.1) is 0 Å². The summed E-state index contributed by atoms with van der Waals surface area (Å²) in [7, 11) is 0. The summed E-state index contributed by atoms with van der Waals surface area (Å²) >= 11 is 0. The summed E-state index contributed by atoms with van der Waals surface area (Å²) in [5.41, 5.74) is 3.95. The first-order chi connectivity index (χ1) is 23.9. The molecule has 10 heteroatoms. The smallest absolute Gasteiger partial charge is 0.410 e. The third-order valence-electron chi connectivity index (χ3n) is 8.28. The van der Waals surface area contributed by atoms with E-state index in [2.05, 4.69) is 28.5 Å². The average molecular weight is 676 g/mol. The maximum atomic E-state index is 13.6. The Bertz CT molecular complexity index is 1780. The largest absolute Gasteiger partial charge is 0.487 e. The number of carbonyl (C=O) groups excluding carboxylic acids is 1. The molecule has 1 amide bonds. The number of rotatable bonds is 15. The Morgan fingerprint density at radius 3 is 2.42 bits per heavy atom. The van der Waals surface area contributed by atoms with E-state index in [4.69, 9.17) is 14.6 Å². The number of aromatic nitrogens is 1. The van der Waals surface area contributed by atoms with Crippen molar-refractivity contribution >= 4 is 17.6 Å². The first-order valence-electron chi connectivity index (χ1n) is 16.8. The molecule has 1 unspecified atom stereocenters. The van der Waals surface area contributed by atoms with E-state index in [0.717, 1.165) is 27.8 Å². The molecule has 3 aromatic rings. The molecular weight excluding hydrogens is 630 g/mol. The molecule has 2 aromatic carbocycles. The van der Waals surface area contributed by atoms with Crippen LogP contribution in [0.15, 0.2) is 79.0 Å². The van der Waals surface area contributed by atoms with Gasteiger partial charge in [0.25, 0.3) is 0 Å². The number of amides is 1. The molecule has 1 atom stereocenters. The number of benzene rings is 2. The molecule has 2 N–H and O–H groups in total. The zero-order valence-electron chi connectivity index (χ0n) is 29.2. The molecule has 4 rings (SSSR count). The van der Waals surface area contributed by atoms with E-state index in [-0.39, 0.29) is 26.1 Å². The number of nitrogens with zero attached hydrogens (tertiary/aromatic N) is 4. The van der Waals surface area contributed by atoms with E-state index in [9.17, 15) is 20.1 Å². The van der Waals surface area contributed by atoms with Crippen LogP contribution in [-0.2, 0) is 29.2 Å². The molecule has 1 aliphatic rings. The van der Waals surface area contributed by atoms with Crippen LogP contribution >= 0.6 is 0 Å². The highest BCUT2D eigenvalue weighted by atomic mass is 16.6. The minimum Gasteiger partial charge on any atom is -0.487 e. The summed E-state index contributed by atoms with van der Waals surface area (Å²) in [4.78, 5) is 30.9. The Morgan fingerprint density at radius 2 is 1.80 bits per heavy atom. The summed E-state index contributed by atoms with van der Waals surface area (Å²) < 4.78 is 12.2. The third-order valence-corrected chi connectivity index (χ3v) is 8.28. The lowest BCUT2D eigenvalue weighted by Gasteiger charge is -2.30. The number of aryl methyl sites for hydroxylation is 1. The quantitative estimate of drug-likeness (QED) is 0.155. The van der Waals surface area contributed by atoms with Crippen LogP contribution in [0.1, 0.15) is 86.4 Å². The highest BCUT2D eigenvalue weighted by Crippen LogP contribution is 2.31. The van der Waals surface area contributed by atoms with Gasteiger partial charge in [-0.3, -0.25) is 15.1 Å². The van der Waals surface area contributed by atoms with Crippen LogP contribution in [0.4, 0.5) is 4.79 Å². The lowest BCUT2D eigenvalue weighted by atomic mass is 9.87. The Balaban J connectivity index is 1.64. The minimum atomic E-state index is -0.959. The van der Waals surface area contributed by atoms with Gasteiger partial charge in [0.2, 0.25) is 0 Å². The number of allylic oxidation sites excluding steroid dienone is 2. The van der Waals surface area contributed by atoms with Crippen molar-refractivity contribution in [2.24, 2.45) is 0 Å². The molecule has 260 valence electrons. The van der Waals surface area contributed by atoms with Crippen molar-refractivity contribution in [3.63, 3.8) is 0 Å². The van der Waals surface area contributed by atoms with Crippen LogP contribution in [0.5, 0.6) is 5.75 Å². The fraction of sp³-hybridized carbons (Fsp3) is 0.375. The van der Waals surface area contributed by atoms with E-state index in [1.54, 1.807) is 23.2 Å². The van der Waals surface area contributed by atoms with Crippen LogP contribution in [0.25, 0.3) is 5.57 Å². The van der Waals surface area contributed by atoms with Gasteiger partial charge in [0.05, 0.1) is 29.9 Å². The van der Waals surface area contributed by atoms with Crippen molar-refractivity contribution < 1.29 is 24.2 Å². The molecule has 1 aliphatic carbocycles. The number of ether oxygens (including phenoxy) is 2. The second-order valence-corrected chi connectivity index (χ2v) is 13.4. The fourth-order valence-electron chi connectivity index (χ4n) is 5.52. The van der Waals surface area contributed by atoms with Crippen LogP contribution in [0.3, 0.4) is 0 Å². The summed E-state index contributed by atoms with van der Waals surface area (Å²) in [6, 6.07) is 21.7. The number of unbranched alkanes of at least 4 members (excludes halogenated alkanes) is 2. The van der Waals surface area contributed by atoms with Crippen molar-refractivity contribution in [1.29, 1.82) is 10.5 Å². The van der Waals surface area contributed by atoms with E-state index < -0.39 is 23.2 Å². The van der Waals surface area contributed by atoms with Gasteiger partial charge in [-0.2, -0.15) is 10.5 Å². The number of carbonyl (C=O) groups is 2. The third kappa shape index (κ3) is 10.8. The number of carboxylic acid groups (broad SMARTS) is 1. The highest BCUT2D eigenvalue weighted by molar-refractivity contribution is 5.76. The Labute approximate surface area is 294 Å². The van der Waals surface area contributed by atoms with Gasteiger partial charge in [0, 0.05) is 37.7 Å². The van der Waals surface area contributed by atoms with E-state index in [1.165, 1.54) is 0 Å². The van der Waals surface area contributed by atoms with E-state index in [1.807, 2.05) is 82.3 Å². The van der Waals surface area contributed by atoms with Crippen LogP contribution in [-0.4, -0.2) is 44.7 Å². The minimum absolute atomic E-state index is 0.0657. The molecule has 0 fully saturated rings. The lowest BCUT2D eigenvalue weighted by molar-refractivity contribution is -0.137. The normalized spacial score (nSPS) is 15.4. The van der Waals surface area contributed by atoms with Crippen LogP contribution in [0.2, 0.25) is 0 Å². The molecule has 50 heavy (non-hydrogen) atoms. The predicted octanol–water partition coefficient (Wildman–Crippen LogP) is 7.62. The second kappa shape index (κ2) is 17.3. The fourth-order valence-corrected chi connectivity index (χ4v) is 5.52. The Kier molecular flexibility index (Phi) is 12.9. The van der Waals surface area contributed by atoms with Crippen molar-refractivity contribution in [1.82, 2.24) is 15.2 Å². The van der Waals surface area contributed by atoms with Gasteiger partial charge in [-0.1, -0.05) is 61.0 Å². The van der Waals surface area contributed by atoms with Gasteiger partial charge in [0.1, 0.15) is 23.5 Å². The first-order valence-corrected chi connectivity index (χ1v) is 16.8. The summed E-state index contributed by atoms with van der Waals surface area (Å²) in [5, 5.41) is 32.1. The average Bonchev–Trinajstić information content (AvgIpc) is 3.10. The summed E-state index contributed by atoms with van der Waals surface area (Å²) in [5.74, 6) is -0.332. The number of nitrogens with one attached hydrogen (secondary N) is 1. The van der Waals surface area contributed by atoms with Crippen LogP contribution < -0.4 is 10.1 Å². The number of hydrogen-bond donors (Lipinski definition) is 2. The first kappa shape index (κ1) is 37.4. The molecule has 0 saturated heterocycles. The van der Waals surface area contributed by atoms with E-state index >= 15 is 0 Å². The van der Waals surface area contributed by atoms with Crippen molar-refractivity contribution in [3.05, 3.63) is 113 Å². The highest BCUT2D eigenvalue weighted by Gasteiger charge is 2.30. The van der Waals surface area contributed by atoms with Crippen molar-refractivity contribution in [3.8, 4) is 17.9 Å². The van der Waals surface area contributed by atoms with Gasteiger partial charge in [-0.05, 0) is 81.0 Å². The second-order valence-electron chi connectivity index (χ2n) is 13.4. The molecular formula is C40H45N5O5. The number of hydrogen-bond acceptors (Lipinski definition) is 8. The monoisotopic (exact) mass is 675 g/mol. The van der Waals surface area contributed by atoms with Gasteiger partial charge in [0.15, 0.2) is 0 Å². The maximum absolute atomic E-state index is 13.6. The molecule has 10 nitrogen and oxygen atoms in total. The predicted molar refractivity (Wildman–Crippen MR) is 191 cm³/mol. The number of pyridine rings is 1. The SMILES string of the molecule is Cc1ncc(CNC2(C#N)C=CC(c3ccccc3)=CC2)c(CN(CCCCCC(=O)O)C(=O)OC(C)(C)C)c1OCc1ccc(C#N)cc1. The molecule has 0 bridgehead atoms. The Hall–Kier alpha value is -5.45. The molecule has 1 aromatic heterocycles. The van der Waals surface area contributed by atoms with Gasteiger partial charge >= 0.3 is 12.1 Å². The molecule has 1 heterocycles. The molecule has 0 aliphatic heterocycles. The molecule has 0 radical (unpaired) electrons.